The molecule has 2 unspecified atom stereocenters. The zero-order valence-electron chi connectivity index (χ0n) is 17.7. The van der Waals surface area contributed by atoms with Crippen LogP contribution in [0.4, 0.5) is 0 Å². The van der Waals surface area contributed by atoms with Crippen molar-refractivity contribution in [2.45, 2.75) is 64.3 Å². The van der Waals surface area contributed by atoms with E-state index in [2.05, 4.69) is 68.5 Å². The molecule has 1 heterocycles. The number of rotatable bonds is 9. The van der Waals surface area contributed by atoms with Gasteiger partial charge in [0.25, 0.3) is 0 Å². The Morgan fingerprint density at radius 3 is 2.57 bits per heavy atom. The van der Waals surface area contributed by atoms with Crippen LogP contribution in [0.1, 0.15) is 57.6 Å². The van der Waals surface area contributed by atoms with Gasteiger partial charge in [-0.1, -0.05) is 62.1 Å². The number of nitrogens with zero attached hydrogens (tertiary/aromatic N) is 1. The lowest BCUT2D eigenvalue weighted by Crippen LogP contribution is -2.35. The van der Waals surface area contributed by atoms with Crippen LogP contribution in [0.2, 0.25) is 0 Å². The smallest absolute Gasteiger partial charge is 0.303 e. The lowest BCUT2D eigenvalue weighted by Gasteiger charge is -2.29. The minimum atomic E-state index is -0.732. The summed E-state index contributed by atoms with van der Waals surface area (Å²) in [6.07, 6.45) is 12.0. The quantitative estimate of drug-likeness (QED) is 0.466. The molecular weight excluding hydrogens is 346 g/mol. The van der Waals surface area contributed by atoms with Crippen molar-refractivity contribution >= 4 is 11.7 Å². The third-order valence-corrected chi connectivity index (χ3v) is 5.97. The predicted molar refractivity (Wildman–Crippen MR) is 117 cm³/mol. The van der Waals surface area contributed by atoms with Crippen LogP contribution in [0, 0.1) is 0 Å². The molecule has 0 aliphatic carbocycles. The number of carboxylic acids is 1. The molecule has 0 amide bonds. The van der Waals surface area contributed by atoms with Gasteiger partial charge in [0.1, 0.15) is 12.5 Å². The summed E-state index contributed by atoms with van der Waals surface area (Å²) in [4.78, 5) is 10.7. The molecule has 150 valence electrons. The summed E-state index contributed by atoms with van der Waals surface area (Å²) >= 11 is 0. The van der Waals surface area contributed by atoms with E-state index < -0.39 is 5.97 Å². The van der Waals surface area contributed by atoms with E-state index in [1.807, 2.05) is 19.1 Å². The van der Waals surface area contributed by atoms with E-state index in [1.54, 1.807) is 0 Å². The lowest BCUT2D eigenvalue weighted by molar-refractivity contribution is -0.526. The topological polar surface area (TPSA) is 40.3 Å². The first kappa shape index (κ1) is 21.9. The summed E-state index contributed by atoms with van der Waals surface area (Å²) in [7, 11) is 2.19. The maximum absolute atomic E-state index is 10.7. The van der Waals surface area contributed by atoms with E-state index in [0.717, 1.165) is 24.8 Å². The number of aryl methyl sites for hydroxylation is 1. The fraction of sp³-hybridized carbons (Fsp3) is 0.440. The summed E-state index contributed by atoms with van der Waals surface area (Å²) in [5, 5.41) is 8.84. The van der Waals surface area contributed by atoms with Crippen molar-refractivity contribution in [2.24, 2.45) is 0 Å². The summed E-state index contributed by atoms with van der Waals surface area (Å²) in [6, 6.07) is 9.19. The van der Waals surface area contributed by atoms with E-state index in [4.69, 9.17) is 5.11 Å². The van der Waals surface area contributed by atoms with Gasteiger partial charge < -0.3 is 5.11 Å². The largest absolute Gasteiger partial charge is 0.481 e. The van der Waals surface area contributed by atoms with Crippen molar-refractivity contribution < 1.29 is 14.5 Å². The molecule has 2 atom stereocenters. The van der Waals surface area contributed by atoms with E-state index >= 15 is 0 Å². The molecule has 0 saturated heterocycles. The Labute approximate surface area is 169 Å². The predicted octanol–water partition coefficient (Wildman–Crippen LogP) is 5.31. The third kappa shape index (κ3) is 4.52. The van der Waals surface area contributed by atoms with Crippen LogP contribution < -0.4 is 0 Å². The van der Waals surface area contributed by atoms with Crippen molar-refractivity contribution in [1.82, 2.24) is 0 Å². The molecule has 0 spiro atoms. The number of hydrogen-bond acceptors (Lipinski definition) is 1. The Kier molecular flexibility index (Phi) is 7.56. The summed E-state index contributed by atoms with van der Waals surface area (Å²) < 4.78 is 2.41. The fourth-order valence-corrected chi connectivity index (χ4v) is 4.43. The number of allylic oxidation sites excluding steroid dienone is 5. The first-order valence-electron chi connectivity index (χ1n) is 10.3. The van der Waals surface area contributed by atoms with Gasteiger partial charge in [-0.2, -0.15) is 0 Å². The van der Waals surface area contributed by atoms with Gasteiger partial charge in [-0.05, 0) is 43.4 Å². The van der Waals surface area contributed by atoms with Crippen LogP contribution in [0.25, 0.3) is 0 Å². The zero-order chi connectivity index (χ0) is 20.7. The Morgan fingerprint density at radius 2 is 2.00 bits per heavy atom. The highest BCUT2D eigenvalue weighted by Gasteiger charge is 2.51. The molecule has 0 bridgehead atoms. The minimum Gasteiger partial charge on any atom is -0.481 e. The van der Waals surface area contributed by atoms with E-state index in [-0.39, 0.29) is 11.8 Å². The van der Waals surface area contributed by atoms with Crippen LogP contribution in [0.3, 0.4) is 0 Å². The normalized spacial score (nSPS) is 22.5. The first-order valence-corrected chi connectivity index (χ1v) is 10.3. The van der Waals surface area contributed by atoms with Crippen LogP contribution >= 0.6 is 0 Å². The van der Waals surface area contributed by atoms with Gasteiger partial charge in [0, 0.05) is 19.3 Å². The Hall–Kier alpha value is -2.42. The number of hydrogen-bond donors (Lipinski definition) is 1. The highest BCUT2D eigenvalue weighted by atomic mass is 16.4. The van der Waals surface area contributed by atoms with Gasteiger partial charge in [-0.3, -0.25) is 4.79 Å². The molecular formula is C25H34NO2+. The van der Waals surface area contributed by atoms with Gasteiger partial charge in [0.05, 0.1) is 0 Å². The lowest BCUT2D eigenvalue weighted by atomic mass is 9.68. The molecule has 1 N–H and O–H groups in total. The summed E-state index contributed by atoms with van der Waals surface area (Å²) in [6.45, 7) is 11.0. The van der Waals surface area contributed by atoms with Crippen LogP contribution in [-0.2, 0) is 16.6 Å². The molecule has 28 heavy (non-hydrogen) atoms. The number of aliphatic carboxylic acids is 1. The average Bonchev–Trinajstić information content (AvgIpc) is 2.93. The van der Waals surface area contributed by atoms with Gasteiger partial charge in [-0.25, -0.2) is 4.58 Å². The molecule has 1 aliphatic rings. The number of benzene rings is 1. The molecule has 0 radical (unpaired) electrons. The van der Waals surface area contributed by atoms with E-state index in [0.29, 0.717) is 12.5 Å². The number of carbonyl (C=O) groups is 1. The van der Waals surface area contributed by atoms with Crippen molar-refractivity contribution in [3.05, 3.63) is 71.8 Å². The molecule has 2 rings (SSSR count). The molecule has 3 nitrogen and oxygen atoms in total. The molecule has 1 aromatic rings. The van der Waals surface area contributed by atoms with Gasteiger partial charge in [-0.15, -0.1) is 0 Å². The average molecular weight is 381 g/mol. The minimum absolute atomic E-state index is 0.180. The maximum Gasteiger partial charge on any atom is 0.303 e. The number of carboxylic acid groups (broad SMARTS) is 1. The standard InChI is InChI=1S/C25H33NO2/c1-6-8-9-11-19(3)25(18-20(4)26(5)23(25)7-2)22-16-14-21(15-17-22)12-10-13-24(27)28/h6,8-9,11,14-17,20H,3,7,10,12-13,18H2,1-2,4-5H3/p+1/b8-6-,11-9-. The fourth-order valence-electron chi connectivity index (χ4n) is 4.43. The maximum atomic E-state index is 10.7. The molecule has 1 aliphatic heterocycles. The highest BCUT2D eigenvalue weighted by Crippen LogP contribution is 2.43. The molecule has 0 aromatic heterocycles. The van der Waals surface area contributed by atoms with Crippen molar-refractivity contribution in [2.75, 3.05) is 7.05 Å². The second kappa shape index (κ2) is 9.68. The second-order valence-electron chi connectivity index (χ2n) is 7.72. The van der Waals surface area contributed by atoms with Crippen LogP contribution in [0.15, 0.2) is 60.7 Å². The summed E-state index contributed by atoms with van der Waals surface area (Å²) in [5.41, 5.74) is 4.82. The first-order chi connectivity index (χ1) is 13.4. The molecule has 3 heteroatoms. The van der Waals surface area contributed by atoms with E-state index in [1.165, 1.54) is 16.8 Å². The molecule has 0 saturated carbocycles. The SMILES string of the molecule is C=C(/C=C\C=C/C)C1(c2ccc(CCCC(=O)O)cc2)CC(C)[N+](C)=C1CC. The van der Waals surface area contributed by atoms with Gasteiger partial charge >= 0.3 is 5.97 Å². The van der Waals surface area contributed by atoms with Crippen molar-refractivity contribution in [3.63, 3.8) is 0 Å². The Bertz CT molecular complexity index is 798. The second-order valence-corrected chi connectivity index (χ2v) is 7.72. The third-order valence-electron chi connectivity index (χ3n) is 5.97. The molecule has 1 aromatic carbocycles. The van der Waals surface area contributed by atoms with Crippen molar-refractivity contribution in [1.29, 1.82) is 0 Å². The Morgan fingerprint density at radius 1 is 1.32 bits per heavy atom. The van der Waals surface area contributed by atoms with Crippen LogP contribution in [-0.4, -0.2) is 34.5 Å². The van der Waals surface area contributed by atoms with Gasteiger partial charge in [0.2, 0.25) is 0 Å². The van der Waals surface area contributed by atoms with E-state index in [9.17, 15) is 4.79 Å². The monoisotopic (exact) mass is 380 g/mol. The zero-order valence-corrected chi connectivity index (χ0v) is 17.7. The summed E-state index contributed by atoms with van der Waals surface area (Å²) in [5.74, 6) is -0.732. The Balaban J connectivity index is 2.40. The van der Waals surface area contributed by atoms with Crippen molar-refractivity contribution in [3.8, 4) is 0 Å². The molecule has 0 fully saturated rings. The van der Waals surface area contributed by atoms with Crippen LogP contribution in [0.5, 0.6) is 0 Å². The van der Waals surface area contributed by atoms with Gasteiger partial charge in [0.15, 0.2) is 11.8 Å². The highest BCUT2D eigenvalue weighted by molar-refractivity contribution is 5.96.